The van der Waals surface area contributed by atoms with Crippen LogP contribution in [0.25, 0.3) is 11.0 Å². The summed E-state index contributed by atoms with van der Waals surface area (Å²) in [6.45, 7) is 5.01. The van der Waals surface area contributed by atoms with Crippen LogP contribution in [0.3, 0.4) is 0 Å². The first kappa shape index (κ1) is 18.3. The molecule has 1 amide bonds. The third-order valence-electron chi connectivity index (χ3n) is 5.52. The largest absolute Gasteiger partial charge is 0.464 e. The Hall–Kier alpha value is -3.08. The zero-order valence-corrected chi connectivity index (χ0v) is 16.2. The number of esters is 1. The average Bonchev–Trinajstić information content (AvgIpc) is 3.11. The van der Waals surface area contributed by atoms with Crippen molar-refractivity contribution in [3.05, 3.63) is 70.5 Å². The summed E-state index contributed by atoms with van der Waals surface area (Å²) in [5, 5.41) is 0.916. The lowest BCUT2D eigenvalue weighted by molar-refractivity contribution is -0.151. The van der Waals surface area contributed by atoms with Crippen LogP contribution in [-0.4, -0.2) is 29.9 Å². The number of carbonyl (C=O) groups is 2. The van der Waals surface area contributed by atoms with Crippen LogP contribution in [0.15, 0.2) is 47.1 Å². The molecule has 0 radical (unpaired) electrons. The van der Waals surface area contributed by atoms with Gasteiger partial charge in [-0.3, -0.25) is 9.59 Å². The van der Waals surface area contributed by atoms with Gasteiger partial charge in [0.15, 0.2) is 6.61 Å². The molecule has 28 heavy (non-hydrogen) atoms. The topological polar surface area (TPSA) is 59.8 Å². The normalized spacial score (nSPS) is 13.4. The van der Waals surface area contributed by atoms with Crippen molar-refractivity contribution in [1.82, 2.24) is 4.90 Å². The molecular formula is C23H23NO4. The summed E-state index contributed by atoms with van der Waals surface area (Å²) >= 11 is 0. The average molecular weight is 377 g/mol. The second kappa shape index (κ2) is 7.50. The number of carbonyl (C=O) groups excluding carboxylic acids is 2. The van der Waals surface area contributed by atoms with Crippen molar-refractivity contribution in [3.8, 4) is 0 Å². The number of benzene rings is 2. The van der Waals surface area contributed by atoms with Crippen molar-refractivity contribution in [2.24, 2.45) is 0 Å². The molecule has 144 valence electrons. The van der Waals surface area contributed by atoms with E-state index in [2.05, 4.69) is 6.07 Å². The minimum atomic E-state index is -0.424. The molecule has 0 fully saturated rings. The Morgan fingerprint density at radius 3 is 2.71 bits per heavy atom. The third-order valence-corrected chi connectivity index (χ3v) is 5.52. The highest BCUT2D eigenvalue weighted by Gasteiger charge is 2.22. The molecule has 0 aliphatic carbocycles. The molecule has 3 aromatic rings. The van der Waals surface area contributed by atoms with E-state index in [4.69, 9.17) is 9.15 Å². The molecule has 1 aromatic heterocycles. The number of aryl methyl sites for hydroxylation is 2. The number of hydrogen-bond acceptors (Lipinski definition) is 4. The molecule has 0 unspecified atom stereocenters. The van der Waals surface area contributed by atoms with Crippen LogP contribution in [0, 0.1) is 13.8 Å². The number of amides is 1. The molecule has 0 saturated heterocycles. The Bertz CT molecular complexity index is 1050. The lowest BCUT2D eigenvalue weighted by atomic mass is 10.00. The zero-order chi connectivity index (χ0) is 19.7. The van der Waals surface area contributed by atoms with Crippen LogP contribution in [0.1, 0.15) is 27.8 Å². The molecule has 0 saturated carbocycles. The van der Waals surface area contributed by atoms with Gasteiger partial charge in [0, 0.05) is 24.0 Å². The van der Waals surface area contributed by atoms with Gasteiger partial charge in [-0.05, 0) is 42.5 Å². The first-order chi connectivity index (χ1) is 13.5. The van der Waals surface area contributed by atoms with Gasteiger partial charge < -0.3 is 14.1 Å². The smallest absolute Gasteiger partial charge is 0.310 e. The lowest BCUT2D eigenvalue weighted by Crippen LogP contribution is -2.38. The zero-order valence-electron chi connectivity index (χ0n) is 16.2. The van der Waals surface area contributed by atoms with E-state index in [0.717, 1.165) is 39.6 Å². The van der Waals surface area contributed by atoms with Crippen LogP contribution in [0.4, 0.5) is 0 Å². The molecule has 2 heterocycles. The summed E-state index contributed by atoms with van der Waals surface area (Å²) in [6, 6.07) is 12.1. The number of rotatable bonds is 4. The Morgan fingerprint density at radius 1 is 1.11 bits per heavy atom. The first-order valence-electron chi connectivity index (χ1n) is 9.49. The molecule has 0 bridgehead atoms. The van der Waals surface area contributed by atoms with E-state index in [0.29, 0.717) is 13.1 Å². The van der Waals surface area contributed by atoms with E-state index in [1.165, 1.54) is 5.56 Å². The summed E-state index contributed by atoms with van der Waals surface area (Å²) in [6.07, 6.45) is 2.52. The van der Waals surface area contributed by atoms with E-state index in [9.17, 15) is 9.59 Å². The monoisotopic (exact) mass is 377 g/mol. The number of hydrogen-bond donors (Lipinski definition) is 0. The van der Waals surface area contributed by atoms with Crippen LogP contribution in [-0.2, 0) is 33.7 Å². The van der Waals surface area contributed by atoms with Crippen molar-refractivity contribution < 1.29 is 18.7 Å². The van der Waals surface area contributed by atoms with E-state index in [1.54, 1.807) is 11.2 Å². The number of fused-ring (bicyclic) bond motifs is 2. The molecule has 2 aromatic carbocycles. The molecule has 5 heteroatoms. The number of furan rings is 1. The van der Waals surface area contributed by atoms with Crippen LogP contribution >= 0.6 is 0 Å². The second-order valence-corrected chi connectivity index (χ2v) is 7.32. The molecule has 4 rings (SSSR count). The maximum Gasteiger partial charge on any atom is 0.310 e. The highest BCUT2D eigenvalue weighted by atomic mass is 16.5. The van der Waals surface area contributed by atoms with Gasteiger partial charge in [0.2, 0.25) is 0 Å². The van der Waals surface area contributed by atoms with Gasteiger partial charge >= 0.3 is 5.97 Å². The van der Waals surface area contributed by atoms with E-state index in [-0.39, 0.29) is 18.9 Å². The van der Waals surface area contributed by atoms with Crippen LogP contribution in [0.2, 0.25) is 0 Å². The van der Waals surface area contributed by atoms with Crippen molar-refractivity contribution in [1.29, 1.82) is 0 Å². The summed E-state index contributed by atoms with van der Waals surface area (Å²) in [5.41, 5.74) is 6.22. The third kappa shape index (κ3) is 3.52. The number of ether oxygens (including phenoxy) is 1. The van der Waals surface area contributed by atoms with Crippen molar-refractivity contribution in [2.45, 2.75) is 33.2 Å². The maximum atomic E-state index is 12.4. The van der Waals surface area contributed by atoms with E-state index >= 15 is 0 Å². The fourth-order valence-corrected chi connectivity index (χ4v) is 3.67. The van der Waals surface area contributed by atoms with Gasteiger partial charge in [0.25, 0.3) is 5.91 Å². The molecule has 0 N–H and O–H groups in total. The second-order valence-electron chi connectivity index (χ2n) is 7.32. The minimum absolute atomic E-state index is 0.0889. The Labute approximate surface area is 163 Å². The van der Waals surface area contributed by atoms with Gasteiger partial charge in [-0.25, -0.2) is 0 Å². The highest BCUT2D eigenvalue weighted by Crippen LogP contribution is 2.27. The van der Waals surface area contributed by atoms with Gasteiger partial charge in [0.1, 0.15) is 5.58 Å². The Morgan fingerprint density at radius 2 is 1.89 bits per heavy atom. The van der Waals surface area contributed by atoms with E-state index in [1.807, 2.05) is 44.2 Å². The van der Waals surface area contributed by atoms with Crippen molar-refractivity contribution >= 4 is 22.8 Å². The molecule has 5 nitrogen and oxygen atoms in total. The Kier molecular flexibility index (Phi) is 4.90. The molecule has 0 spiro atoms. The molecule has 1 aliphatic heterocycles. The van der Waals surface area contributed by atoms with Crippen LogP contribution in [0.5, 0.6) is 0 Å². The maximum absolute atomic E-state index is 12.4. The van der Waals surface area contributed by atoms with Gasteiger partial charge in [-0.15, -0.1) is 0 Å². The van der Waals surface area contributed by atoms with Crippen molar-refractivity contribution in [3.63, 3.8) is 0 Å². The summed E-state index contributed by atoms with van der Waals surface area (Å²) in [7, 11) is 0. The van der Waals surface area contributed by atoms with Gasteiger partial charge in [-0.2, -0.15) is 0 Å². The van der Waals surface area contributed by atoms with Gasteiger partial charge in [-0.1, -0.05) is 36.4 Å². The van der Waals surface area contributed by atoms with Gasteiger partial charge in [0.05, 0.1) is 12.7 Å². The minimum Gasteiger partial charge on any atom is -0.464 e. The molecular weight excluding hydrogens is 354 g/mol. The SMILES string of the molecule is Cc1ccc2c(CC(=O)OCC(=O)N3CCc4ccccc4C3)coc2c1C. The molecule has 0 atom stereocenters. The molecule has 1 aliphatic rings. The van der Waals surface area contributed by atoms with Crippen LogP contribution < -0.4 is 0 Å². The standard InChI is InChI=1S/C23H23NO4/c1-15-7-8-20-19(13-28-23(20)16(15)2)11-22(26)27-14-21(25)24-10-9-17-5-3-4-6-18(17)12-24/h3-8,13H,9-12,14H2,1-2H3. The summed E-state index contributed by atoms with van der Waals surface area (Å²) in [5.74, 6) is -0.585. The summed E-state index contributed by atoms with van der Waals surface area (Å²) < 4.78 is 10.9. The van der Waals surface area contributed by atoms with E-state index < -0.39 is 5.97 Å². The predicted octanol–water partition coefficient (Wildman–Crippen LogP) is 3.72. The number of nitrogens with zero attached hydrogens (tertiary/aromatic N) is 1. The predicted molar refractivity (Wildman–Crippen MR) is 106 cm³/mol. The highest BCUT2D eigenvalue weighted by molar-refractivity contribution is 5.89. The lowest BCUT2D eigenvalue weighted by Gasteiger charge is -2.28. The van der Waals surface area contributed by atoms with Crippen molar-refractivity contribution in [2.75, 3.05) is 13.2 Å². The Balaban J connectivity index is 1.35. The quantitative estimate of drug-likeness (QED) is 0.650. The fourth-order valence-electron chi connectivity index (χ4n) is 3.67. The first-order valence-corrected chi connectivity index (χ1v) is 9.49. The summed E-state index contributed by atoms with van der Waals surface area (Å²) in [4.78, 5) is 26.4. The fraction of sp³-hybridized carbons (Fsp3) is 0.304.